The quantitative estimate of drug-likeness (QED) is 0.490. The maximum Gasteiger partial charge on any atom is 0.246 e. The molecule has 0 spiro atoms. The molecule has 1 aliphatic heterocycles. The highest BCUT2D eigenvalue weighted by atomic mass is 32.2. The number of hydrogen-bond donors (Lipinski definition) is 0. The fourth-order valence-corrected chi connectivity index (χ4v) is 6.09. The van der Waals surface area contributed by atoms with Gasteiger partial charge in [0.15, 0.2) is 23.3 Å². The molecule has 3 rings (SSSR count). The zero-order valence-corrected chi connectivity index (χ0v) is 17.1. The summed E-state index contributed by atoms with van der Waals surface area (Å²) in [5, 5.41) is 0. The first-order valence-corrected chi connectivity index (χ1v) is 11.5. The maximum atomic E-state index is 14.0. The molecule has 2 aromatic rings. The van der Waals surface area contributed by atoms with Crippen molar-refractivity contribution in [3.63, 3.8) is 0 Å². The number of halogens is 6. The lowest BCUT2D eigenvalue weighted by atomic mass is 10.3. The molecule has 6 nitrogen and oxygen atoms in total. The number of benzene rings is 2. The van der Waals surface area contributed by atoms with Crippen molar-refractivity contribution in [3.8, 4) is 0 Å². The van der Waals surface area contributed by atoms with Crippen molar-refractivity contribution >= 4 is 20.0 Å². The monoisotopic (exact) mass is 488 g/mol. The molecular weight excluding hydrogens is 474 g/mol. The van der Waals surface area contributed by atoms with E-state index >= 15 is 0 Å². The van der Waals surface area contributed by atoms with E-state index in [1.165, 1.54) is 0 Å². The average molecular weight is 488 g/mol. The molecule has 1 heterocycles. The predicted octanol–water partition coefficient (Wildman–Crippen LogP) is 2.61. The lowest BCUT2D eigenvalue weighted by molar-refractivity contribution is 0.398. The summed E-state index contributed by atoms with van der Waals surface area (Å²) in [6.07, 6.45) is -0.130. The zero-order chi connectivity index (χ0) is 23.1. The third kappa shape index (κ3) is 4.42. The molecule has 2 aromatic carbocycles. The summed E-state index contributed by atoms with van der Waals surface area (Å²) in [6, 6.07) is 0.497. The first kappa shape index (κ1) is 23.5. The van der Waals surface area contributed by atoms with E-state index in [0.29, 0.717) is 8.61 Å². The Morgan fingerprint density at radius 3 is 1.19 bits per heavy atom. The van der Waals surface area contributed by atoms with E-state index in [2.05, 4.69) is 0 Å². The van der Waals surface area contributed by atoms with Crippen LogP contribution in [0.15, 0.2) is 34.1 Å². The Labute approximate surface area is 173 Å². The van der Waals surface area contributed by atoms with Crippen LogP contribution in [0.2, 0.25) is 0 Å². The van der Waals surface area contributed by atoms with Gasteiger partial charge in [-0.25, -0.2) is 43.2 Å². The van der Waals surface area contributed by atoms with Crippen molar-refractivity contribution in [2.24, 2.45) is 0 Å². The third-order valence-corrected chi connectivity index (χ3v) is 8.43. The van der Waals surface area contributed by atoms with Gasteiger partial charge in [0.2, 0.25) is 20.0 Å². The topological polar surface area (TPSA) is 74.8 Å². The highest BCUT2D eigenvalue weighted by Crippen LogP contribution is 2.26. The molecule has 0 aromatic heterocycles. The molecule has 1 saturated heterocycles. The first-order valence-electron chi connectivity index (χ1n) is 8.65. The number of rotatable bonds is 4. The van der Waals surface area contributed by atoms with E-state index in [1.54, 1.807) is 0 Å². The Morgan fingerprint density at radius 1 is 0.516 bits per heavy atom. The van der Waals surface area contributed by atoms with Crippen LogP contribution in [0.25, 0.3) is 0 Å². The molecule has 14 heteroatoms. The first-order chi connectivity index (χ1) is 14.4. The van der Waals surface area contributed by atoms with E-state index < -0.39 is 77.8 Å². The van der Waals surface area contributed by atoms with Gasteiger partial charge in [0.25, 0.3) is 0 Å². The third-order valence-electron chi connectivity index (χ3n) is 4.60. The van der Waals surface area contributed by atoms with Crippen molar-refractivity contribution < 1.29 is 43.2 Å². The molecule has 0 atom stereocenters. The van der Waals surface area contributed by atoms with Gasteiger partial charge < -0.3 is 0 Å². The van der Waals surface area contributed by atoms with Crippen LogP contribution in [0.4, 0.5) is 26.3 Å². The standard InChI is InChI=1S/C17H14F6N2O4S2/c18-10-6-14(22)16(8-12(10)20)30(26,27)24-2-1-3-25(5-4-24)31(28,29)17-9-13(21)11(19)7-15(17)23/h6-9H,1-5H2. The minimum Gasteiger partial charge on any atom is -0.207 e. The summed E-state index contributed by atoms with van der Waals surface area (Å²) in [7, 11) is -9.33. The summed E-state index contributed by atoms with van der Waals surface area (Å²) >= 11 is 0. The van der Waals surface area contributed by atoms with Crippen LogP contribution in [0, 0.1) is 34.9 Å². The number of sulfonamides is 2. The van der Waals surface area contributed by atoms with Crippen LogP contribution in [0.1, 0.15) is 6.42 Å². The molecule has 0 N–H and O–H groups in total. The van der Waals surface area contributed by atoms with Crippen molar-refractivity contribution in [1.29, 1.82) is 0 Å². The molecule has 1 aliphatic rings. The minimum absolute atomic E-state index is 0.0721. The second-order valence-corrected chi connectivity index (χ2v) is 10.4. The van der Waals surface area contributed by atoms with Crippen LogP contribution in [-0.4, -0.2) is 51.6 Å². The summed E-state index contributed by atoms with van der Waals surface area (Å²) in [6.45, 7) is -1.70. The maximum absolute atomic E-state index is 14.0. The zero-order valence-electron chi connectivity index (χ0n) is 15.5. The fraction of sp³-hybridized carbons (Fsp3) is 0.294. The summed E-state index contributed by atoms with van der Waals surface area (Å²) in [5.74, 6) is -9.41. The van der Waals surface area contributed by atoms with Crippen LogP contribution in [0.5, 0.6) is 0 Å². The lowest BCUT2D eigenvalue weighted by Crippen LogP contribution is -2.38. The molecular formula is C17H14F6N2O4S2. The molecule has 0 aliphatic carbocycles. The van der Waals surface area contributed by atoms with Crippen LogP contribution >= 0.6 is 0 Å². The van der Waals surface area contributed by atoms with Gasteiger partial charge in [-0.2, -0.15) is 8.61 Å². The van der Waals surface area contributed by atoms with E-state index in [4.69, 9.17) is 0 Å². The van der Waals surface area contributed by atoms with Gasteiger partial charge in [0.05, 0.1) is 0 Å². The summed E-state index contributed by atoms with van der Waals surface area (Å²) in [4.78, 5) is -2.26. The van der Waals surface area contributed by atoms with Crippen LogP contribution in [0.3, 0.4) is 0 Å². The van der Waals surface area contributed by atoms with Crippen LogP contribution in [-0.2, 0) is 20.0 Å². The normalized spacial score (nSPS) is 17.0. The van der Waals surface area contributed by atoms with Gasteiger partial charge in [-0.1, -0.05) is 0 Å². The molecule has 0 radical (unpaired) electrons. The van der Waals surface area contributed by atoms with Gasteiger partial charge in [0.1, 0.15) is 21.4 Å². The van der Waals surface area contributed by atoms with Crippen molar-refractivity contribution in [1.82, 2.24) is 8.61 Å². The Morgan fingerprint density at radius 2 is 0.839 bits per heavy atom. The van der Waals surface area contributed by atoms with Gasteiger partial charge in [-0.3, -0.25) is 0 Å². The molecule has 31 heavy (non-hydrogen) atoms. The highest BCUT2D eigenvalue weighted by molar-refractivity contribution is 7.89. The Kier molecular flexibility index (Phi) is 6.37. The Hall–Kier alpha value is -2.16. The second kappa shape index (κ2) is 8.41. The van der Waals surface area contributed by atoms with Gasteiger partial charge in [0, 0.05) is 38.3 Å². The second-order valence-electron chi connectivity index (χ2n) is 6.56. The highest BCUT2D eigenvalue weighted by Gasteiger charge is 2.35. The number of hydrogen-bond acceptors (Lipinski definition) is 4. The van der Waals surface area contributed by atoms with Crippen molar-refractivity contribution in [2.45, 2.75) is 16.2 Å². The SMILES string of the molecule is O=S(=O)(c1cc(F)c(F)cc1F)N1CCCN(S(=O)(=O)c2cc(F)c(F)cc2F)CC1. The largest absolute Gasteiger partial charge is 0.246 e. The summed E-state index contributed by atoms with van der Waals surface area (Å²) < 4.78 is 133. The average Bonchev–Trinajstić information content (AvgIpc) is 2.94. The van der Waals surface area contributed by atoms with Crippen molar-refractivity contribution in [2.75, 3.05) is 26.2 Å². The van der Waals surface area contributed by atoms with E-state index in [1.807, 2.05) is 0 Å². The molecule has 0 unspecified atom stereocenters. The number of nitrogens with zero attached hydrogens (tertiary/aromatic N) is 2. The predicted molar refractivity (Wildman–Crippen MR) is 94.8 cm³/mol. The van der Waals surface area contributed by atoms with E-state index in [0.717, 1.165) is 0 Å². The Balaban J connectivity index is 1.88. The molecule has 0 amide bonds. The molecule has 170 valence electrons. The minimum atomic E-state index is -4.66. The van der Waals surface area contributed by atoms with Gasteiger partial charge in [-0.05, 0) is 18.6 Å². The lowest BCUT2D eigenvalue weighted by Gasteiger charge is -2.22. The summed E-state index contributed by atoms with van der Waals surface area (Å²) in [5.41, 5.74) is 0. The van der Waals surface area contributed by atoms with Crippen molar-refractivity contribution in [3.05, 3.63) is 59.2 Å². The van der Waals surface area contributed by atoms with E-state index in [-0.39, 0.29) is 43.8 Å². The van der Waals surface area contributed by atoms with E-state index in [9.17, 15) is 43.2 Å². The Bertz CT molecular complexity index is 1140. The molecule has 0 saturated carbocycles. The van der Waals surface area contributed by atoms with Gasteiger partial charge in [-0.15, -0.1) is 0 Å². The van der Waals surface area contributed by atoms with Gasteiger partial charge >= 0.3 is 0 Å². The van der Waals surface area contributed by atoms with Crippen LogP contribution < -0.4 is 0 Å². The molecule has 0 bridgehead atoms. The smallest absolute Gasteiger partial charge is 0.207 e. The fourth-order valence-electron chi connectivity index (χ4n) is 3.03. The molecule has 1 fully saturated rings.